The number of hydrogen-bond acceptors (Lipinski definition) is 2. The zero-order chi connectivity index (χ0) is 12.1. The van der Waals surface area contributed by atoms with E-state index in [0.29, 0.717) is 5.92 Å². The van der Waals surface area contributed by atoms with Gasteiger partial charge in [-0.25, -0.2) is 0 Å². The summed E-state index contributed by atoms with van der Waals surface area (Å²) < 4.78 is 0. The molecular weight excluding hydrogens is 188 g/mol. The van der Waals surface area contributed by atoms with E-state index in [1.807, 2.05) is 32.7 Å². The minimum Gasteiger partial charge on any atom is -0.344 e. The summed E-state index contributed by atoms with van der Waals surface area (Å²) in [5.41, 5.74) is -0.447. The Morgan fingerprint density at radius 2 is 1.93 bits per heavy atom. The molecule has 0 aromatic carbocycles. The number of amides is 1. The summed E-state index contributed by atoms with van der Waals surface area (Å²) in [5.74, 6) is 0.737. The minimum atomic E-state index is -0.447. The highest BCUT2D eigenvalue weighted by atomic mass is 16.2. The Hall–Kier alpha value is -0.570. The van der Waals surface area contributed by atoms with E-state index in [2.05, 4.69) is 19.2 Å². The van der Waals surface area contributed by atoms with Gasteiger partial charge in [-0.15, -0.1) is 0 Å². The van der Waals surface area contributed by atoms with E-state index >= 15 is 0 Å². The molecule has 0 aromatic rings. The molecule has 0 aliphatic heterocycles. The normalized spacial score (nSPS) is 13.7. The van der Waals surface area contributed by atoms with Crippen molar-refractivity contribution in [1.82, 2.24) is 10.2 Å². The molecule has 15 heavy (non-hydrogen) atoms. The predicted octanol–water partition coefficient (Wildman–Crippen LogP) is 1.88. The summed E-state index contributed by atoms with van der Waals surface area (Å²) >= 11 is 0. The molecule has 1 amide bonds. The van der Waals surface area contributed by atoms with E-state index in [-0.39, 0.29) is 5.91 Å². The lowest BCUT2D eigenvalue weighted by Gasteiger charge is -2.31. The summed E-state index contributed by atoms with van der Waals surface area (Å²) in [5, 5.41) is 3.20. The predicted molar refractivity (Wildman–Crippen MR) is 64.8 cm³/mol. The van der Waals surface area contributed by atoms with Crippen molar-refractivity contribution in [1.29, 1.82) is 0 Å². The molecule has 90 valence electrons. The Kier molecular flexibility index (Phi) is 5.88. The molecule has 1 unspecified atom stereocenters. The van der Waals surface area contributed by atoms with Crippen LogP contribution in [-0.4, -0.2) is 36.5 Å². The number of carbonyl (C=O) groups is 1. The van der Waals surface area contributed by atoms with Crippen LogP contribution < -0.4 is 5.32 Å². The van der Waals surface area contributed by atoms with E-state index in [9.17, 15) is 4.79 Å². The van der Waals surface area contributed by atoms with Crippen molar-refractivity contribution >= 4 is 5.91 Å². The molecule has 3 heteroatoms. The molecule has 0 rings (SSSR count). The molecule has 0 spiro atoms. The zero-order valence-corrected chi connectivity index (χ0v) is 11.1. The molecule has 0 aliphatic carbocycles. The smallest absolute Gasteiger partial charge is 0.242 e. The molecule has 1 N–H and O–H groups in total. The maximum Gasteiger partial charge on any atom is 0.242 e. The average Bonchev–Trinajstić information content (AvgIpc) is 2.16. The van der Waals surface area contributed by atoms with Gasteiger partial charge >= 0.3 is 0 Å². The molecule has 0 heterocycles. The van der Waals surface area contributed by atoms with Crippen LogP contribution in [0.5, 0.6) is 0 Å². The Morgan fingerprint density at radius 3 is 2.33 bits per heavy atom. The van der Waals surface area contributed by atoms with Crippen molar-refractivity contribution in [3.63, 3.8) is 0 Å². The van der Waals surface area contributed by atoms with Gasteiger partial charge in [0.2, 0.25) is 5.91 Å². The van der Waals surface area contributed by atoms with Crippen LogP contribution in [-0.2, 0) is 4.79 Å². The van der Waals surface area contributed by atoms with Crippen LogP contribution in [0, 0.1) is 5.92 Å². The lowest BCUT2D eigenvalue weighted by Crippen LogP contribution is -2.53. The fraction of sp³-hybridized carbons (Fsp3) is 0.917. The molecule has 0 aromatic heterocycles. The Labute approximate surface area is 94.2 Å². The maximum atomic E-state index is 12.1. The van der Waals surface area contributed by atoms with Crippen LogP contribution in [0.25, 0.3) is 0 Å². The molecule has 0 radical (unpaired) electrons. The van der Waals surface area contributed by atoms with Gasteiger partial charge in [0.25, 0.3) is 0 Å². The Balaban J connectivity index is 4.30. The van der Waals surface area contributed by atoms with Gasteiger partial charge in [-0.2, -0.15) is 0 Å². The van der Waals surface area contributed by atoms with E-state index in [1.54, 1.807) is 0 Å². The molecule has 3 nitrogen and oxygen atoms in total. The monoisotopic (exact) mass is 214 g/mol. The standard InChI is InChI=1S/C12H26N2O/c1-7-10(3)9-14(6)11(15)12(4,5)13-8-2/h10,13H,7-9H2,1-6H3. The lowest BCUT2D eigenvalue weighted by molar-refractivity contribution is -0.136. The third-order valence-electron chi connectivity index (χ3n) is 2.78. The van der Waals surface area contributed by atoms with Crippen molar-refractivity contribution in [2.45, 2.75) is 46.6 Å². The second-order valence-corrected chi connectivity index (χ2v) is 4.85. The van der Waals surface area contributed by atoms with Crippen molar-refractivity contribution in [2.75, 3.05) is 20.1 Å². The molecule has 0 fully saturated rings. The molecular formula is C12H26N2O. The summed E-state index contributed by atoms with van der Waals surface area (Å²) in [6, 6.07) is 0. The average molecular weight is 214 g/mol. The highest BCUT2D eigenvalue weighted by Gasteiger charge is 2.29. The van der Waals surface area contributed by atoms with Gasteiger partial charge in [-0.05, 0) is 26.3 Å². The SMILES string of the molecule is CCNC(C)(C)C(=O)N(C)CC(C)CC. The number of nitrogens with one attached hydrogen (secondary N) is 1. The zero-order valence-electron chi connectivity index (χ0n) is 11.1. The summed E-state index contributed by atoms with van der Waals surface area (Å²) in [7, 11) is 1.88. The molecule has 1 atom stereocenters. The van der Waals surface area contributed by atoms with Gasteiger partial charge in [-0.1, -0.05) is 27.2 Å². The van der Waals surface area contributed by atoms with Gasteiger partial charge in [-0.3, -0.25) is 4.79 Å². The first kappa shape index (κ1) is 14.4. The highest BCUT2D eigenvalue weighted by molar-refractivity contribution is 5.85. The summed E-state index contributed by atoms with van der Waals surface area (Å²) in [6.45, 7) is 11.9. The van der Waals surface area contributed by atoms with Crippen molar-refractivity contribution in [3.8, 4) is 0 Å². The van der Waals surface area contributed by atoms with Crippen molar-refractivity contribution < 1.29 is 4.79 Å². The van der Waals surface area contributed by atoms with Crippen LogP contribution >= 0.6 is 0 Å². The maximum absolute atomic E-state index is 12.1. The van der Waals surface area contributed by atoms with Crippen LogP contribution in [0.1, 0.15) is 41.0 Å². The third kappa shape index (κ3) is 4.65. The highest BCUT2D eigenvalue weighted by Crippen LogP contribution is 2.10. The van der Waals surface area contributed by atoms with Gasteiger partial charge < -0.3 is 10.2 Å². The van der Waals surface area contributed by atoms with Crippen molar-refractivity contribution in [2.24, 2.45) is 5.92 Å². The number of hydrogen-bond donors (Lipinski definition) is 1. The van der Waals surface area contributed by atoms with Crippen LogP contribution in [0.15, 0.2) is 0 Å². The molecule has 0 aliphatic rings. The molecule has 0 saturated carbocycles. The first-order valence-corrected chi connectivity index (χ1v) is 5.85. The van der Waals surface area contributed by atoms with Crippen LogP contribution in [0.3, 0.4) is 0 Å². The third-order valence-corrected chi connectivity index (χ3v) is 2.78. The van der Waals surface area contributed by atoms with E-state index in [0.717, 1.165) is 19.5 Å². The van der Waals surface area contributed by atoms with E-state index in [1.165, 1.54) is 0 Å². The van der Waals surface area contributed by atoms with Crippen molar-refractivity contribution in [3.05, 3.63) is 0 Å². The van der Waals surface area contributed by atoms with Gasteiger partial charge in [0, 0.05) is 13.6 Å². The first-order chi connectivity index (χ1) is 6.85. The number of likely N-dealkylation sites (N-methyl/N-ethyl adjacent to an activating group) is 2. The Morgan fingerprint density at radius 1 is 1.40 bits per heavy atom. The quantitative estimate of drug-likeness (QED) is 0.732. The number of nitrogens with zero attached hydrogens (tertiary/aromatic N) is 1. The molecule has 0 saturated heterocycles. The largest absolute Gasteiger partial charge is 0.344 e. The lowest BCUT2D eigenvalue weighted by atomic mass is 10.0. The molecule has 0 bridgehead atoms. The first-order valence-electron chi connectivity index (χ1n) is 5.85. The second-order valence-electron chi connectivity index (χ2n) is 4.85. The topological polar surface area (TPSA) is 32.3 Å². The fourth-order valence-corrected chi connectivity index (χ4v) is 1.67. The van der Waals surface area contributed by atoms with Gasteiger partial charge in [0.15, 0.2) is 0 Å². The minimum absolute atomic E-state index is 0.171. The van der Waals surface area contributed by atoms with Gasteiger partial charge in [0.1, 0.15) is 0 Å². The fourth-order valence-electron chi connectivity index (χ4n) is 1.67. The van der Waals surface area contributed by atoms with Crippen LogP contribution in [0.2, 0.25) is 0 Å². The van der Waals surface area contributed by atoms with Crippen LogP contribution in [0.4, 0.5) is 0 Å². The Bertz CT molecular complexity index is 202. The number of rotatable bonds is 6. The van der Waals surface area contributed by atoms with E-state index < -0.39 is 5.54 Å². The van der Waals surface area contributed by atoms with E-state index in [4.69, 9.17) is 0 Å². The van der Waals surface area contributed by atoms with Gasteiger partial charge in [0.05, 0.1) is 5.54 Å². The second kappa shape index (κ2) is 6.11. The summed E-state index contributed by atoms with van der Waals surface area (Å²) in [4.78, 5) is 13.9. The number of carbonyl (C=O) groups excluding carboxylic acids is 1. The summed E-state index contributed by atoms with van der Waals surface area (Å²) in [6.07, 6.45) is 1.11.